The molecule has 0 bridgehead atoms. The van der Waals surface area contributed by atoms with Crippen molar-refractivity contribution in [2.24, 2.45) is 5.73 Å². The molecule has 1 rings (SSSR count). The van der Waals surface area contributed by atoms with E-state index in [2.05, 4.69) is 35.8 Å². The summed E-state index contributed by atoms with van der Waals surface area (Å²) >= 11 is 5.24. The SMILES string of the molecule is CC[C@@H](N)c1cc(Br)c(C)s1. The number of thiophene rings is 1. The minimum Gasteiger partial charge on any atom is -0.323 e. The zero-order valence-electron chi connectivity index (χ0n) is 6.73. The molecule has 0 saturated carbocycles. The normalized spacial score (nSPS) is 13.5. The molecule has 0 amide bonds. The van der Waals surface area contributed by atoms with E-state index in [1.807, 2.05) is 0 Å². The maximum atomic E-state index is 5.87. The Balaban J connectivity index is 2.88. The van der Waals surface area contributed by atoms with Crippen LogP contribution in [0.25, 0.3) is 0 Å². The number of nitrogens with two attached hydrogens (primary N) is 1. The van der Waals surface area contributed by atoms with Crippen molar-refractivity contribution in [1.29, 1.82) is 0 Å². The lowest BCUT2D eigenvalue weighted by atomic mass is 10.2. The molecule has 1 heterocycles. The number of hydrogen-bond acceptors (Lipinski definition) is 2. The predicted octanol–water partition coefficient (Wildman–Crippen LogP) is 3.23. The average Bonchev–Trinajstić information content (AvgIpc) is 2.31. The van der Waals surface area contributed by atoms with E-state index in [-0.39, 0.29) is 6.04 Å². The summed E-state index contributed by atoms with van der Waals surface area (Å²) < 4.78 is 1.18. The van der Waals surface area contributed by atoms with Gasteiger partial charge in [0.2, 0.25) is 0 Å². The average molecular weight is 234 g/mol. The van der Waals surface area contributed by atoms with E-state index < -0.39 is 0 Å². The number of aryl methyl sites for hydroxylation is 1. The number of rotatable bonds is 2. The molecule has 0 fully saturated rings. The first-order chi connectivity index (χ1) is 5.15. The van der Waals surface area contributed by atoms with Crippen LogP contribution < -0.4 is 5.73 Å². The van der Waals surface area contributed by atoms with Gasteiger partial charge in [0.25, 0.3) is 0 Å². The Morgan fingerprint density at radius 3 is 2.73 bits per heavy atom. The summed E-state index contributed by atoms with van der Waals surface area (Å²) in [6, 6.07) is 2.33. The second-order valence-electron chi connectivity index (χ2n) is 2.57. The van der Waals surface area contributed by atoms with E-state index >= 15 is 0 Å². The molecule has 3 heteroatoms. The smallest absolute Gasteiger partial charge is 0.0387 e. The van der Waals surface area contributed by atoms with Gasteiger partial charge < -0.3 is 5.73 Å². The maximum absolute atomic E-state index is 5.87. The van der Waals surface area contributed by atoms with Gasteiger partial charge in [0.15, 0.2) is 0 Å². The fraction of sp³-hybridized carbons (Fsp3) is 0.500. The molecular weight excluding hydrogens is 222 g/mol. The highest BCUT2D eigenvalue weighted by molar-refractivity contribution is 9.10. The molecule has 0 aliphatic carbocycles. The Morgan fingerprint density at radius 1 is 1.73 bits per heavy atom. The minimum absolute atomic E-state index is 0.213. The summed E-state index contributed by atoms with van der Waals surface area (Å²) in [5.74, 6) is 0. The van der Waals surface area contributed by atoms with Gasteiger partial charge >= 0.3 is 0 Å². The van der Waals surface area contributed by atoms with E-state index in [9.17, 15) is 0 Å². The van der Waals surface area contributed by atoms with Crippen LogP contribution in [0, 0.1) is 6.92 Å². The Kier molecular flexibility index (Phi) is 3.10. The molecule has 0 aliphatic rings. The van der Waals surface area contributed by atoms with Crippen LogP contribution in [-0.4, -0.2) is 0 Å². The van der Waals surface area contributed by atoms with E-state index in [0.29, 0.717) is 0 Å². The predicted molar refractivity (Wildman–Crippen MR) is 54.0 cm³/mol. The van der Waals surface area contributed by atoms with Crippen molar-refractivity contribution in [3.8, 4) is 0 Å². The van der Waals surface area contributed by atoms with Crippen molar-refractivity contribution in [1.82, 2.24) is 0 Å². The Morgan fingerprint density at radius 2 is 2.36 bits per heavy atom. The van der Waals surface area contributed by atoms with Gasteiger partial charge in [0.05, 0.1) is 0 Å². The molecule has 0 aromatic carbocycles. The van der Waals surface area contributed by atoms with Crippen molar-refractivity contribution in [3.63, 3.8) is 0 Å². The van der Waals surface area contributed by atoms with Gasteiger partial charge in [0.1, 0.15) is 0 Å². The van der Waals surface area contributed by atoms with E-state index in [0.717, 1.165) is 6.42 Å². The highest BCUT2D eigenvalue weighted by atomic mass is 79.9. The van der Waals surface area contributed by atoms with Crippen LogP contribution in [0.2, 0.25) is 0 Å². The molecule has 0 radical (unpaired) electrons. The van der Waals surface area contributed by atoms with Gasteiger partial charge in [-0.05, 0) is 35.3 Å². The first-order valence-electron chi connectivity index (χ1n) is 3.66. The number of hydrogen-bond donors (Lipinski definition) is 1. The zero-order valence-corrected chi connectivity index (χ0v) is 9.13. The summed E-state index contributed by atoms with van der Waals surface area (Å²) in [5, 5.41) is 0. The van der Waals surface area contributed by atoms with Crippen LogP contribution in [0.5, 0.6) is 0 Å². The van der Waals surface area contributed by atoms with Crippen LogP contribution in [-0.2, 0) is 0 Å². The Hall–Kier alpha value is 0.140. The third-order valence-corrected chi connectivity index (χ3v) is 3.95. The van der Waals surface area contributed by atoms with Crippen molar-refractivity contribution in [2.45, 2.75) is 26.3 Å². The second kappa shape index (κ2) is 3.70. The molecule has 62 valence electrons. The highest BCUT2D eigenvalue weighted by Gasteiger charge is 2.08. The molecule has 0 unspecified atom stereocenters. The molecule has 11 heavy (non-hydrogen) atoms. The van der Waals surface area contributed by atoms with E-state index in [1.54, 1.807) is 11.3 Å². The van der Waals surface area contributed by atoms with Gasteiger partial charge in [-0.2, -0.15) is 0 Å². The Labute approximate surface area is 79.7 Å². The molecule has 1 atom stereocenters. The lowest BCUT2D eigenvalue weighted by Crippen LogP contribution is -2.05. The molecule has 0 spiro atoms. The van der Waals surface area contributed by atoms with Crippen LogP contribution >= 0.6 is 27.3 Å². The molecule has 1 nitrogen and oxygen atoms in total. The molecule has 1 aromatic rings. The van der Waals surface area contributed by atoms with Crippen molar-refractivity contribution < 1.29 is 0 Å². The van der Waals surface area contributed by atoms with Crippen LogP contribution in [0.15, 0.2) is 10.5 Å². The van der Waals surface area contributed by atoms with Crippen molar-refractivity contribution >= 4 is 27.3 Å². The van der Waals surface area contributed by atoms with Crippen molar-refractivity contribution in [3.05, 3.63) is 20.3 Å². The summed E-state index contributed by atoms with van der Waals surface area (Å²) in [4.78, 5) is 2.58. The van der Waals surface area contributed by atoms with Gasteiger partial charge in [-0.25, -0.2) is 0 Å². The van der Waals surface area contributed by atoms with Crippen LogP contribution in [0.1, 0.15) is 29.1 Å². The third-order valence-electron chi connectivity index (χ3n) is 1.68. The fourth-order valence-corrected chi connectivity index (χ4v) is 2.51. The standard InChI is InChI=1S/C8H12BrNS/c1-3-7(10)8-4-6(9)5(2)11-8/h4,7H,3,10H2,1-2H3/t7-/m1/s1. The zero-order chi connectivity index (χ0) is 8.43. The monoisotopic (exact) mass is 233 g/mol. The van der Waals surface area contributed by atoms with Crippen LogP contribution in [0.4, 0.5) is 0 Å². The largest absolute Gasteiger partial charge is 0.323 e. The van der Waals surface area contributed by atoms with Crippen molar-refractivity contribution in [2.75, 3.05) is 0 Å². The molecule has 0 aliphatic heterocycles. The first-order valence-corrected chi connectivity index (χ1v) is 5.27. The molecule has 0 saturated heterocycles. The maximum Gasteiger partial charge on any atom is 0.0387 e. The Bertz CT molecular complexity index is 225. The summed E-state index contributed by atoms with van der Waals surface area (Å²) in [5.41, 5.74) is 5.87. The van der Waals surface area contributed by atoms with Gasteiger partial charge in [-0.3, -0.25) is 0 Å². The fourth-order valence-electron chi connectivity index (χ4n) is 0.865. The quantitative estimate of drug-likeness (QED) is 0.835. The summed E-state index contributed by atoms with van der Waals surface area (Å²) in [7, 11) is 0. The molecule has 2 N–H and O–H groups in total. The first kappa shape index (κ1) is 9.23. The lowest BCUT2D eigenvalue weighted by molar-refractivity contribution is 0.712. The summed E-state index contributed by atoms with van der Waals surface area (Å²) in [6.45, 7) is 4.20. The third kappa shape index (κ3) is 2.04. The highest BCUT2D eigenvalue weighted by Crippen LogP contribution is 2.30. The van der Waals surface area contributed by atoms with Gasteiger partial charge in [-0.15, -0.1) is 11.3 Å². The lowest BCUT2D eigenvalue weighted by Gasteiger charge is -2.03. The van der Waals surface area contributed by atoms with Gasteiger partial charge in [-0.1, -0.05) is 6.92 Å². The topological polar surface area (TPSA) is 26.0 Å². The molecular formula is C8H12BrNS. The second-order valence-corrected chi connectivity index (χ2v) is 4.71. The number of halogens is 1. The van der Waals surface area contributed by atoms with Gasteiger partial charge in [0, 0.05) is 20.3 Å². The summed E-state index contributed by atoms with van der Waals surface area (Å²) in [6.07, 6.45) is 1.01. The van der Waals surface area contributed by atoms with E-state index in [1.165, 1.54) is 14.2 Å². The van der Waals surface area contributed by atoms with E-state index in [4.69, 9.17) is 5.73 Å². The minimum atomic E-state index is 0.213. The molecule has 1 aromatic heterocycles. The van der Waals surface area contributed by atoms with Crippen LogP contribution in [0.3, 0.4) is 0 Å².